The summed E-state index contributed by atoms with van der Waals surface area (Å²) in [6.45, 7) is 12.3. The molecule has 0 bridgehead atoms. The maximum absolute atomic E-state index is 2.52. The molecule has 2 rings (SSSR count). The van der Waals surface area contributed by atoms with Crippen LogP contribution in [-0.4, -0.2) is 0 Å². The number of hydrogen-bond acceptors (Lipinski definition) is 0. The van der Waals surface area contributed by atoms with Gasteiger partial charge in [0.1, 0.15) is 0 Å². The molecular formula is C14H26. The fraction of sp³-hybridized carbons (Fsp3) is 1.00. The normalized spacial score (nSPS) is 46.1. The third kappa shape index (κ3) is 1.19. The van der Waals surface area contributed by atoms with Crippen molar-refractivity contribution >= 4 is 0 Å². The van der Waals surface area contributed by atoms with E-state index in [9.17, 15) is 0 Å². The molecule has 4 atom stereocenters. The SMILES string of the molecule is CCCC(C)C1CC2C(C)(C)C2(C)C1. The molecule has 4 unspecified atom stereocenters. The molecule has 2 fully saturated rings. The molecule has 0 heteroatoms. The summed E-state index contributed by atoms with van der Waals surface area (Å²) in [5.41, 5.74) is 1.37. The molecule has 0 N–H and O–H groups in total. The van der Waals surface area contributed by atoms with Crippen molar-refractivity contribution in [3.63, 3.8) is 0 Å². The minimum Gasteiger partial charge on any atom is -0.0654 e. The zero-order valence-corrected chi connectivity index (χ0v) is 10.6. The largest absolute Gasteiger partial charge is 0.0654 e. The molecule has 14 heavy (non-hydrogen) atoms. The van der Waals surface area contributed by atoms with E-state index in [1.807, 2.05) is 0 Å². The van der Waals surface area contributed by atoms with Crippen molar-refractivity contribution in [2.75, 3.05) is 0 Å². The van der Waals surface area contributed by atoms with E-state index in [2.05, 4.69) is 34.6 Å². The Bertz CT molecular complexity index is 228. The zero-order chi connectivity index (χ0) is 10.6. The molecule has 0 aromatic rings. The minimum atomic E-state index is 0.662. The number of fused-ring (bicyclic) bond motifs is 1. The van der Waals surface area contributed by atoms with Crippen LogP contribution in [0, 0.1) is 28.6 Å². The van der Waals surface area contributed by atoms with Gasteiger partial charge in [0.2, 0.25) is 0 Å². The predicted octanol–water partition coefficient (Wildman–Crippen LogP) is 4.49. The lowest BCUT2D eigenvalue weighted by Crippen LogP contribution is -2.16. The van der Waals surface area contributed by atoms with E-state index in [1.54, 1.807) is 0 Å². The first-order valence-electron chi connectivity index (χ1n) is 6.43. The third-order valence-electron chi connectivity index (χ3n) is 5.80. The molecule has 2 aliphatic carbocycles. The van der Waals surface area contributed by atoms with Gasteiger partial charge in [-0.2, -0.15) is 0 Å². The Balaban J connectivity index is 1.94. The number of hydrogen-bond donors (Lipinski definition) is 0. The minimum absolute atomic E-state index is 0.662. The Morgan fingerprint density at radius 3 is 2.36 bits per heavy atom. The van der Waals surface area contributed by atoms with Crippen LogP contribution in [0.2, 0.25) is 0 Å². The van der Waals surface area contributed by atoms with Crippen molar-refractivity contribution in [1.29, 1.82) is 0 Å². The average Bonchev–Trinajstić information content (AvgIpc) is 2.48. The second kappa shape index (κ2) is 3.00. The van der Waals surface area contributed by atoms with Gasteiger partial charge < -0.3 is 0 Å². The van der Waals surface area contributed by atoms with Crippen LogP contribution in [0.25, 0.3) is 0 Å². The van der Waals surface area contributed by atoms with Crippen LogP contribution in [0.1, 0.15) is 60.3 Å². The second-order valence-corrected chi connectivity index (χ2v) is 6.66. The molecular weight excluding hydrogens is 168 g/mol. The highest BCUT2D eigenvalue weighted by atomic mass is 14.8. The monoisotopic (exact) mass is 194 g/mol. The van der Waals surface area contributed by atoms with Gasteiger partial charge in [-0.25, -0.2) is 0 Å². The first-order valence-corrected chi connectivity index (χ1v) is 6.43. The molecule has 0 aromatic carbocycles. The van der Waals surface area contributed by atoms with Gasteiger partial charge in [0.05, 0.1) is 0 Å². The molecule has 0 radical (unpaired) electrons. The van der Waals surface area contributed by atoms with Crippen molar-refractivity contribution in [2.24, 2.45) is 28.6 Å². The highest BCUT2D eigenvalue weighted by molar-refractivity contribution is 5.19. The maximum Gasteiger partial charge on any atom is -0.0235 e. The molecule has 2 aliphatic rings. The topological polar surface area (TPSA) is 0 Å². The highest BCUT2D eigenvalue weighted by Crippen LogP contribution is 2.78. The van der Waals surface area contributed by atoms with E-state index in [4.69, 9.17) is 0 Å². The van der Waals surface area contributed by atoms with Crippen molar-refractivity contribution in [3.05, 3.63) is 0 Å². The Morgan fingerprint density at radius 2 is 1.93 bits per heavy atom. The summed E-state index contributed by atoms with van der Waals surface area (Å²) in [6, 6.07) is 0. The lowest BCUT2D eigenvalue weighted by Gasteiger charge is -2.25. The Labute approximate surface area is 89.5 Å². The molecule has 0 spiro atoms. The highest BCUT2D eigenvalue weighted by Gasteiger charge is 2.71. The quantitative estimate of drug-likeness (QED) is 0.621. The van der Waals surface area contributed by atoms with Crippen LogP contribution in [0.4, 0.5) is 0 Å². The summed E-state index contributed by atoms with van der Waals surface area (Å²) >= 11 is 0. The van der Waals surface area contributed by atoms with Crippen molar-refractivity contribution in [1.82, 2.24) is 0 Å². The van der Waals surface area contributed by atoms with E-state index in [0.717, 1.165) is 17.8 Å². The number of rotatable bonds is 3. The van der Waals surface area contributed by atoms with E-state index in [1.165, 1.54) is 25.7 Å². The van der Waals surface area contributed by atoms with E-state index in [0.29, 0.717) is 10.8 Å². The van der Waals surface area contributed by atoms with Gasteiger partial charge in [-0.3, -0.25) is 0 Å². The molecule has 2 saturated carbocycles. The summed E-state index contributed by atoms with van der Waals surface area (Å²) in [7, 11) is 0. The van der Waals surface area contributed by atoms with E-state index >= 15 is 0 Å². The van der Waals surface area contributed by atoms with Crippen LogP contribution in [0.3, 0.4) is 0 Å². The molecule has 0 heterocycles. The average molecular weight is 194 g/mol. The lowest BCUT2D eigenvalue weighted by molar-refractivity contribution is 0.246. The van der Waals surface area contributed by atoms with Gasteiger partial charge in [-0.05, 0) is 41.4 Å². The van der Waals surface area contributed by atoms with E-state index in [-0.39, 0.29) is 0 Å². The van der Waals surface area contributed by atoms with Gasteiger partial charge in [0.15, 0.2) is 0 Å². The first-order chi connectivity index (χ1) is 6.43. The Hall–Kier alpha value is 0. The summed E-state index contributed by atoms with van der Waals surface area (Å²) in [5.74, 6) is 3.05. The van der Waals surface area contributed by atoms with Crippen LogP contribution < -0.4 is 0 Å². The van der Waals surface area contributed by atoms with Gasteiger partial charge in [0, 0.05) is 0 Å². The van der Waals surface area contributed by atoms with Crippen molar-refractivity contribution in [2.45, 2.75) is 60.3 Å². The van der Waals surface area contributed by atoms with Crippen LogP contribution in [-0.2, 0) is 0 Å². The lowest BCUT2D eigenvalue weighted by atomic mass is 9.80. The summed E-state index contributed by atoms with van der Waals surface area (Å²) < 4.78 is 0. The van der Waals surface area contributed by atoms with Gasteiger partial charge >= 0.3 is 0 Å². The standard InChI is InChI=1S/C14H26/c1-6-7-10(2)11-8-12-13(3,4)14(12,5)9-11/h10-12H,6-9H2,1-5H3. The second-order valence-electron chi connectivity index (χ2n) is 6.66. The van der Waals surface area contributed by atoms with Gasteiger partial charge in [0.25, 0.3) is 0 Å². The van der Waals surface area contributed by atoms with Crippen molar-refractivity contribution < 1.29 is 0 Å². The van der Waals surface area contributed by atoms with Crippen LogP contribution >= 0.6 is 0 Å². The van der Waals surface area contributed by atoms with Crippen molar-refractivity contribution in [3.8, 4) is 0 Å². The maximum atomic E-state index is 2.52. The molecule has 0 aliphatic heterocycles. The molecule has 0 nitrogen and oxygen atoms in total. The fourth-order valence-corrected chi connectivity index (χ4v) is 4.21. The fourth-order valence-electron chi connectivity index (χ4n) is 4.21. The summed E-state index contributed by atoms with van der Waals surface area (Å²) in [5, 5.41) is 0. The predicted molar refractivity (Wildman–Crippen MR) is 62.2 cm³/mol. The van der Waals surface area contributed by atoms with Gasteiger partial charge in [-0.15, -0.1) is 0 Å². The Morgan fingerprint density at radius 1 is 1.29 bits per heavy atom. The molecule has 0 saturated heterocycles. The molecule has 82 valence electrons. The Kier molecular flexibility index (Phi) is 2.25. The van der Waals surface area contributed by atoms with Crippen LogP contribution in [0.5, 0.6) is 0 Å². The van der Waals surface area contributed by atoms with E-state index < -0.39 is 0 Å². The molecule has 0 aromatic heterocycles. The smallest absolute Gasteiger partial charge is 0.0235 e. The summed E-state index contributed by atoms with van der Waals surface area (Å²) in [6.07, 6.45) is 5.83. The van der Waals surface area contributed by atoms with Crippen LogP contribution in [0.15, 0.2) is 0 Å². The summed E-state index contributed by atoms with van der Waals surface area (Å²) in [4.78, 5) is 0. The first kappa shape index (κ1) is 10.5. The third-order valence-corrected chi connectivity index (χ3v) is 5.80. The molecule has 0 amide bonds. The van der Waals surface area contributed by atoms with Gasteiger partial charge in [-0.1, -0.05) is 47.5 Å². The zero-order valence-electron chi connectivity index (χ0n) is 10.6.